The molecule has 1 aliphatic rings. The van der Waals surface area contributed by atoms with Gasteiger partial charge in [-0.25, -0.2) is 4.68 Å². The van der Waals surface area contributed by atoms with E-state index in [9.17, 15) is 9.59 Å². The van der Waals surface area contributed by atoms with E-state index in [1.807, 2.05) is 26.0 Å². The summed E-state index contributed by atoms with van der Waals surface area (Å²) in [5, 5.41) is 5.55. The minimum absolute atomic E-state index is 0.137. The number of carbonyl (C=O) groups excluding carboxylic acids is 1. The van der Waals surface area contributed by atoms with Gasteiger partial charge in [-0.3, -0.25) is 9.59 Å². The number of fused-ring (bicyclic) bond motifs is 1. The molecule has 0 radical (unpaired) electrons. The molecule has 0 bridgehead atoms. The molecule has 1 aromatic carbocycles. The second kappa shape index (κ2) is 6.50. The molecule has 0 atom stereocenters. The van der Waals surface area contributed by atoms with Crippen LogP contribution in [-0.2, 0) is 11.3 Å². The number of hydrogen-bond donors (Lipinski definition) is 0. The fraction of sp³-hybridized carbons (Fsp3) is 0.471. The predicted octanol–water partition coefficient (Wildman–Crippen LogP) is 1.52. The highest BCUT2D eigenvalue weighted by Crippen LogP contribution is 2.16. The van der Waals surface area contributed by atoms with E-state index in [0.717, 1.165) is 0 Å². The molecular weight excluding hydrogens is 294 g/mol. The van der Waals surface area contributed by atoms with E-state index in [-0.39, 0.29) is 17.4 Å². The molecular formula is C17H21N3O3. The van der Waals surface area contributed by atoms with Gasteiger partial charge in [0, 0.05) is 25.0 Å². The van der Waals surface area contributed by atoms with Gasteiger partial charge < -0.3 is 9.64 Å². The molecule has 1 saturated heterocycles. The summed E-state index contributed by atoms with van der Waals surface area (Å²) >= 11 is 0. The second-order valence-electron chi connectivity index (χ2n) is 6.18. The first-order chi connectivity index (χ1) is 11.1. The van der Waals surface area contributed by atoms with E-state index < -0.39 is 0 Å². The summed E-state index contributed by atoms with van der Waals surface area (Å²) in [4.78, 5) is 27.2. The van der Waals surface area contributed by atoms with Crippen molar-refractivity contribution in [3.05, 3.63) is 40.3 Å². The Labute approximate surface area is 134 Å². The van der Waals surface area contributed by atoms with Gasteiger partial charge >= 0.3 is 0 Å². The Morgan fingerprint density at radius 3 is 2.52 bits per heavy atom. The maximum absolute atomic E-state index is 12.9. The van der Waals surface area contributed by atoms with Crippen LogP contribution >= 0.6 is 0 Å². The van der Waals surface area contributed by atoms with Crippen LogP contribution in [0.1, 0.15) is 24.3 Å². The van der Waals surface area contributed by atoms with Crippen molar-refractivity contribution in [3.63, 3.8) is 0 Å². The van der Waals surface area contributed by atoms with Crippen molar-refractivity contribution in [2.45, 2.75) is 20.4 Å². The van der Waals surface area contributed by atoms with Crippen molar-refractivity contribution in [1.29, 1.82) is 0 Å². The van der Waals surface area contributed by atoms with E-state index in [2.05, 4.69) is 5.10 Å². The largest absolute Gasteiger partial charge is 0.378 e. The van der Waals surface area contributed by atoms with Crippen LogP contribution < -0.4 is 5.56 Å². The third-order valence-corrected chi connectivity index (χ3v) is 3.91. The highest BCUT2D eigenvalue weighted by Gasteiger charge is 2.23. The zero-order valence-corrected chi connectivity index (χ0v) is 13.5. The fourth-order valence-electron chi connectivity index (χ4n) is 2.78. The molecule has 6 nitrogen and oxygen atoms in total. The first-order valence-corrected chi connectivity index (χ1v) is 7.95. The summed E-state index contributed by atoms with van der Waals surface area (Å²) in [5.41, 5.74) is 0.204. The molecule has 0 saturated carbocycles. The lowest BCUT2D eigenvalue weighted by Crippen LogP contribution is -2.42. The van der Waals surface area contributed by atoms with Gasteiger partial charge in [0.1, 0.15) is 0 Å². The van der Waals surface area contributed by atoms with Crippen molar-refractivity contribution >= 4 is 16.7 Å². The van der Waals surface area contributed by atoms with Crippen LogP contribution in [0.5, 0.6) is 0 Å². The minimum atomic E-state index is -0.146. The lowest BCUT2D eigenvalue weighted by Gasteiger charge is -2.27. The van der Waals surface area contributed by atoms with Crippen LogP contribution in [0.25, 0.3) is 10.8 Å². The number of morpholine rings is 1. The van der Waals surface area contributed by atoms with Gasteiger partial charge in [-0.05, 0) is 12.0 Å². The van der Waals surface area contributed by atoms with E-state index in [0.29, 0.717) is 49.3 Å². The average molecular weight is 315 g/mol. The van der Waals surface area contributed by atoms with Crippen molar-refractivity contribution in [2.24, 2.45) is 5.92 Å². The summed E-state index contributed by atoms with van der Waals surface area (Å²) in [5.74, 6) is 0.134. The van der Waals surface area contributed by atoms with Crippen molar-refractivity contribution < 1.29 is 9.53 Å². The molecule has 0 aliphatic carbocycles. The van der Waals surface area contributed by atoms with Crippen LogP contribution in [0.2, 0.25) is 0 Å². The molecule has 6 heteroatoms. The number of ether oxygens (including phenoxy) is 1. The molecule has 23 heavy (non-hydrogen) atoms. The minimum Gasteiger partial charge on any atom is -0.378 e. The van der Waals surface area contributed by atoms with Crippen LogP contribution in [0.4, 0.5) is 0 Å². The molecule has 0 spiro atoms. The van der Waals surface area contributed by atoms with Crippen molar-refractivity contribution in [2.75, 3.05) is 26.3 Å². The van der Waals surface area contributed by atoms with Gasteiger partial charge in [0.05, 0.1) is 18.6 Å². The van der Waals surface area contributed by atoms with Crippen molar-refractivity contribution in [1.82, 2.24) is 14.7 Å². The highest BCUT2D eigenvalue weighted by atomic mass is 16.5. The van der Waals surface area contributed by atoms with Gasteiger partial charge in [-0.2, -0.15) is 5.10 Å². The molecule has 1 aromatic heterocycles. The van der Waals surface area contributed by atoms with Crippen LogP contribution in [0, 0.1) is 5.92 Å². The van der Waals surface area contributed by atoms with Gasteiger partial charge in [-0.1, -0.05) is 32.0 Å². The lowest BCUT2D eigenvalue weighted by atomic mass is 10.1. The summed E-state index contributed by atoms with van der Waals surface area (Å²) in [6.07, 6.45) is 0. The van der Waals surface area contributed by atoms with Gasteiger partial charge in [0.25, 0.3) is 11.5 Å². The highest BCUT2D eigenvalue weighted by molar-refractivity contribution is 6.04. The number of rotatable bonds is 3. The summed E-state index contributed by atoms with van der Waals surface area (Å²) in [6, 6.07) is 7.18. The summed E-state index contributed by atoms with van der Waals surface area (Å²) in [7, 11) is 0. The topological polar surface area (TPSA) is 64.4 Å². The smallest absolute Gasteiger partial charge is 0.275 e. The molecule has 3 rings (SSSR count). The monoisotopic (exact) mass is 315 g/mol. The molecule has 0 unspecified atom stereocenters. The van der Waals surface area contributed by atoms with Gasteiger partial charge in [-0.15, -0.1) is 0 Å². The zero-order valence-electron chi connectivity index (χ0n) is 13.5. The molecule has 2 aromatic rings. The van der Waals surface area contributed by atoms with E-state index >= 15 is 0 Å². The second-order valence-corrected chi connectivity index (χ2v) is 6.18. The Kier molecular flexibility index (Phi) is 4.43. The van der Waals surface area contributed by atoms with Crippen LogP contribution in [0.15, 0.2) is 29.1 Å². The number of carbonyl (C=O) groups is 1. The summed E-state index contributed by atoms with van der Waals surface area (Å²) < 4.78 is 6.72. The van der Waals surface area contributed by atoms with Crippen LogP contribution in [0.3, 0.4) is 0 Å². The Bertz CT molecular complexity index is 776. The van der Waals surface area contributed by atoms with Crippen molar-refractivity contribution in [3.8, 4) is 0 Å². The SMILES string of the molecule is CC(C)Cn1nc(C(=O)N2CCOCC2)c2ccccc2c1=O. The number of aromatic nitrogens is 2. The molecule has 122 valence electrons. The first kappa shape index (κ1) is 15.7. The Hall–Kier alpha value is -2.21. The molecule has 1 amide bonds. The van der Waals surface area contributed by atoms with Gasteiger partial charge in [0.2, 0.25) is 0 Å². The van der Waals surface area contributed by atoms with E-state index in [4.69, 9.17) is 4.74 Å². The van der Waals surface area contributed by atoms with E-state index in [1.165, 1.54) is 4.68 Å². The molecule has 0 N–H and O–H groups in total. The standard InChI is InChI=1S/C17H21N3O3/c1-12(2)11-20-16(21)14-6-4-3-5-13(14)15(18-20)17(22)19-7-9-23-10-8-19/h3-6,12H,7-11H2,1-2H3. The summed E-state index contributed by atoms with van der Waals surface area (Å²) in [6.45, 7) is 6.72. The maximum Gasteiger partial charge on any atom is 0.275 e. The molecule has 1 fully saturated rings. The fourth-order valence-corrected chi connectivity index (χ4v) is 2.78. The molecule has 1 aliphatic heterocycles. The Morgan fingerprint density at radius 2 is 1.87 bits per heavy atom. The Balaban J connectivity index is 2.12. The van der Waals surface area contributed by atoms with E-state index in [1.54, 1.807) is 17.0 Å². The zero-order chi connectivity index (χ0) is 16.4. The average Bonchev–Trinajstić information content (AvgIpc) is 2.57. The maximum atomic E-state index is 12.9. The lowest BCUT2D eigenvalue weighted by molar-refractivity contribution is 0.0298. The predicted molar refractivity (Wildman–Crippen MR) is 87.6 cm³/mol. The number of nitrogens with zero attached hydrogens (tertiary/aromatic N) is 3. The number of amides is 1. The number of hydrogen-bond acceptors (Lipinski definition) is 4. The third kappa shape index (κ3) is 3.12. The van der Waals surface area contributed by atoms with Gasteiger partial charge in [0.15, 0.2) is 5.69 Å². The number of benzene rings is 1. The van der Waals surface area contributed by atoms with Crippen LogP contribution in [-0.4, -0.2) is 46.9 Å². The quantitative estimate of drug-likeness (QED) is 0.861. The normalized spacial score (nSPS) is 15.3. The molecule has 2 heterocycles. The first-order valence-electron chi connectivity index (χ1n) is 7.95. The third-order valence-electron chi connectivity index (χ3n) is 3.91. The Morgan fingerprint density at radius 1 is 1.22 bits per heavy atom.